The van der Waals surface area contributed by atoms with Gasteiger partial charge in [-0.05, 0) is 114 Å². The molecule has 0 heterocycles. The summed E-state index contributed by atoms with van der Waals surface area (Å²) in [6.45, 7) is 7.16. The van der Waals surface area contributed by atoms with Gasteiger partial charge in [0.15, 0.2) is 0 Å². The maximum Gasteiger partial charge on any atom is 0.0540 e. The molecule has 0 radical (unpaired) electrons. The topological polar surface area (TPSA) is 3.24 Å². The van der Waals surface area contributed by atoms with Crippen LogP contribution in [-0.4, -0.2) is 0 Å². The molecule has 10 aromatic rings. The molecule has 0 bridgehead atoms. The van der Waals surface area contributed by atoms with E-state index in [-0.39, 0.29) is 10.8 Å². The number of benzene rings is 10. The van der Waals surface area contributed by atoms with Crippen molar-refractivity contribution in [3.63, 3.8) is 0 Å². The highest BCUT2D eigenvalue weighted by molar-refractivity contribution is 6.09. The van der Waals surface area contributed by atoms with Crippen molar-refractivity contribution in [3.05, 3.63) is 258 Å². The van der Waals surface area contributed by atoms with Crippen LogP contribution in [0, 0.1) is 0 Å². The lowest BCUT2D eigenvalue weighted by molar-refractivity contribution is 0.660. The molecule has 0 aromatic heterocycles. The predicted molar refractivity (Wildman–Crippen MR) is 270 cm³/mol. The summed E-state index contributed by atoms with van der Waals surface area (Å²) in [5.74, 6) is 0. The lowest BCUT2D eigenvalue weighted by Crippen LogP contribution is -2.22. The number of rotatable bonds is 7. The van der Waals surface area contributed by atoms with E-state index in [1.54, 1.807) is 0 Å². The summed E-state index contributed by atoms with van der Waals surface area (Å²) in [7, 11) is 0. The first-order chi connectivity index (χ1) is 31.4. The molecule has 1 heteroatoms. The molecule has 2 aliphatic carbocycles. The molecule has 0 fully saturated rings. The van der Waals surface area contributed by atoms with Crippen molar-refractivity contribution < 1.29 is 0 Å². The van der Waals surface area contributed by atoms with Gasteiger partial charge in [0, 0.05) is 27.6 Å². The van der Waals surface area contributed by atoms with Gasteiger partial charge in [0.1, 0.15) is 0 Å². The maximum atomic E-state index is 2.55. The third kappa shape index (κ3) is 5.64. The van der Waals surface area contributed by atoms with Gasteiger partial charge >= 0.3 is 0 Å². The summed E-state index contributed by atoms with van der Waals surface area (Å²) in [6, 6.07) is 85.6. The Labute approximate surface area is 376 Å². The van der Waals surface area contributed by atoms with Crippen molar-refractivity contribution in [2.24, 2.45) is 0 Å². The monoisotopic (exact) mass is 817 g/mol. The van der Waals surface area contributed by atoms with E-state index in [2.05, 4.69) is 256 Å². The van der Waals surface area contributed by atoms with E-state index >= 15 is 0 Å². The van der Waals surface area contributed by atoms with Crippen LogP contribution >= 0.6 is 0 Å². The molecule has 1 nitrogen and oxygen atoms in total. The first-order valence-electron chi connectivity index (χ1n) is 22.5. The van der Waals surface area contributed by atoms with Crippen LogP contribution in [0.5, 0.6) is 0 Å². The van der Waals surface area contributed by atoms with Gasteiger partial charge in [0.2, 0.25) is 0 Å². The summed E-state index contributed by atoms with van der Waals surface area (Å²) in [5, 5.41) is 2.47. The Morgan fingerprint density at radius 1 is 0.328 bits per heavy atom. The quantitative estimate of drug-likeness (QED) is 0.155. The number of para-hydroxylation sites is 2. The molecule has 0 saturated carbocycles. The number of hydrogen-bond donors (Lipinski definition) is 0. The van der Waals surface area contributed by atoms with Gasteiger partial charge in [-0.25, -0.2) is 0 Å². The summed E-state index contributed by atoms with van der Waals surface area (Å²) in [4.78, 5) is 2.55. The van der Waals surface area contributed by atoms with Gasteiger partial charge in [0.05, 0.1) is 11.4 Å². The van der Waals surface area contributed by atoms with Crippen LogP contribution < -0.4 is 4.90 Å². The van der Waals surface area contributed by atoms with Crippen molar-refractivity contribution in [1.82, 2.24) is 0 Å². The summed E-state index contributed by atoms with van der Waals surface area (Å²) in [6.07, 6.45) is 0. The highest BCUT2D eigenvalue weighted by atomic mass is 15.1. The van der Waals surface area contributed by atoms with E-state index in [0.717, 1.165) is 17.1 Å². The Bertz CT molecular complexity index is 3430. The van der Waals surface area contributed by atoms with Gasteiger partial charge in [-0.2, -0.15) is 0 Å². The smallest absolute Gasteiger partial charge is 0.0540 e. The minimum Gasteiger partial charge on any atom is -0.309 e. The molecular formula is C63H47N. The van der Waals surface area contributed by atoms with Crippen molar-refractivity contribution in [2.45, 2.75) is 31.6 Å². The van der Waals surface area contributed by atoms with E-state index in [4.69, 9.17) is 0 Å². The molecule has 12 rings (SSSR count). The standard InChI is InChI=1S/C63H47N/c1-62(2)54-34-14-10-27-47(54)48-40-39-45(41-57(48)62)64(58-37-16-12-28-49(58)51-32-19-24-43-23-18-31-46(60(43)51)42-21-6-4-7-22-42)59-38-17-13-29-50(59)52-33-20-36-56-61(52)53-30-11-15-35-55(53)63(56,3)44-25-8-5-9-26-44/h4-41H,1-3H3. The zero-order chi connectivity index (χ0) is 43.0. The Hall–Kier alpha value is -7.74. The molecule has 304 valence electrons. The molecule has 64 heavy (non-hydrogen) atoms. The zero-order valence-electron chi connectivity index (χ0n) is 36.4. The van der Waals surface area contributed by atoms with E-state index in [1.807, 2.05) is 0 Å². The first kappa shape index (κ1) is 38.0. The van der Waals surface area contributed by atoms with Crippen molar-refractivity contribution in [1.29, 1.82) is 0 Å². The van der Waals surface area contributed by atoms with Crippen LogP contribution in [0.2, 0.25) is 0 Å². The molecular weight excluding hydrogens is 771 g/mol. The maximum absolute atomic E-state index is 2.55. The minimum atomic E-state index is -0.310. The predicted octanol–water partition coefficient (Wildman–Crippen LogP) is 17.0. The van der Waals surface area contributed by atoms with Crippen LogP contribution in [0.15, 0.2) is 231 Å². The van der Waals surface area contributed by atoms with Crippen LogP contribution in [0.3, 0.4) is 0 Å². The van der Waals surface area contributed by atoms with Crippen molar-refractivity contribution >= 4 is 27.8 Å². The normalized spacial score (nSPS) is 15.3. The van der Waals surface area contributed by atoms with E-state index in [1.165, 1.54) is 94.2 Å². The highest BCUT2D eigenvalue weighted by Gasteiger charge is 2.42. The Balaban J connectivity index is 1.13. The number of anilines is 3. The van der Waals surface area contributed by atoms with Gasteiger partial charge < -0.3 is 4.90 Å². The average Bonchev–Trinajstić information content (AvgIpc) is 3.76. The fourth-order valence-electron chi connectivity index (χ4n) is 11.3. The highest BCUT2D eigenvalue weighted by Crippen LogP contribution is 2.57. The number of hydrogen-bond acceptors (Lipinski definition) is 1. The van der Waals surface area contributed by atoms with Gasteiger partial charge in [-0.1, -0.05) is 220 Å². The SMILES string of the molecule is CC1(C)c2ccccc2-c2ccc(N(c3ccccc3-c3cccc4c3-c3ccccc3C4(C)c3ccccc3)c3ccccc3-c3cccc4cccc(-c5ccccc5)c34)cc21. The minimum absolute atomic E-state index is 0.168. The largest absolute Gasteiger partial charge is 0.309 e. The van der Waals surface area contributed by atoms with Crippen LogP contribution in [0.25, 0.3) is 66.4 Å². The molecule has 0 spiro atoms. The third-order valence-corrected chi connectivity index (χ3v) is 14.4. The molecule has 1 atom stereocenters. The molecule has 0 saturated heterocycles. The molecule has 0 amide bonds. The van der Waals surface area contributed by atoms with Gasteiger partial charge in [-0.3, -0.25) is 0 Å². The van der Waals surface area contributed by atoms with Gasteiger partial charge in [0.25, 0.3) is 0 Å². The Morgan fingerprint density at radius 3 is 1.55 bits per heavy atom. The van der Waals surface area contributed by atoms with Crippen molar-refractivity contribution in [2.75, 3.05) is 4.90 Å². The van der Waals surface area contributed by atoms with Crippen LogP contribution in [0.1, 0.15) is 48.6 Å². The second kappa shape index (κ2) is 14.7. The first-order valence-corrected chi connectivity index (χ1v) is 22.5. The molecule has 2 aliphatic rings. The van der Waals surface area contributed by atoms with E-state index in [0.29, 0.717) is 0 Å². The second-order valence-corrected chi connectivity index (χ2v) is 18.1. The molecule has 1 unspecified atom stereocenters. The van der Waals surface area contributed by atoms with Crippen LogP contribution in [0.4, 0.5) is 17.1 Å². The molecule has 0 aliphatic heterocycles. The Morgan fingerprint density at radius 2 is 0.828 bits per heavy atom. The number of fused-ring (bicyclic) bond motifs is 7. The van der Waals surface area contributed by atoms with Gasteiger partial charge in [-0.15, -0.1) is 0 Å². The second-order valence-electron chi connectivity index (χ2n) is 18.1. The van der Waals surface area contributed by atoms with Crippen molar-refractivity contribution in [3.8, 4) is 55.6 Å². The summed E-state index contributed by atoms with van der Waals surface area (Å²) in [5.41, 5.74) is 22.1. The summed E-state index contributed by atoms with van der Waals surface area (Å²) < 4.78 is 0. The molecule has 10 aromatic carbocycles. The van der Waals surface area contributed by atoms with E-state index < -0.39 is 0 Å². The summed E-state index contributed by atoms with van der Waals surface area (Å²) >= 11 is 0. The Kier molecular flexibility index (Phi) is 8.71. The fraction of sp³-hybridized carbons (Fsp3) is 0.0794. The lowest BCUT2D eigenvalue weighted by atomic mass is 9.74. The molecule has 0 N–H and O–H groups in total. The average molecular weight is 818 g/mol. The van der Waals surface area contributed by atoms with E-state index in [9.17, 15) is 0 Å². The zero-order valence-corrected chi connectivity index (χ0v) is 36.4. The van der Waals surface area contributed by atoms with Crippen LogP contribution in [-0.2, 0) is 10.8 Å². The number of nitrogens with zero attached hydrogens (tertiary/aromatic N) is 1. The lowest BCUT2D eigenvalue weighted by Gasteiger charge is -2.32. The fourth-order valence-corrected chi connectivity index (χ4v) is 11.3. The third-order valence-electron chi connectivity index (χ3n) is 14.4.